The van der Waals surface area contributed by atoms with Crippen molar-refractivity contribution in [1.82, 2.24) is 5.43 Å². The Morgan fingerprint density at radius 2 is 1.61 bits per heavy atom. The molecule has 0 bridgehead atoms. The Hall–Kier alpha value is -3.42. The number of ether oxygens (including phenoxy) is 4. The second-order valence-electron chi connectivity index (χ2n) is 5.84. The first-order valence-corrected chi connectivity index (χ1v) is 8.60. The van der Waals surface area contributed by atoms with Gasteiger partial charge in [-0.3, -0.25) is 0 Å². The number of hydrazone groups is 1. The minimum atomic E-state index is 0.109. The van der Waals surface area contributed by atoms with Gasteiger partial charge in [0.15, 0.2) is 11.5 Å². The molecular formula is C20H26N4O4. The van der Waals surface area contributed by atoms with Crippen molar-refractivity contribution in [3.05, 3.63) is 41.5 Å². The van der Waals surface area contributed by atoms with E-state index in [1.165, 1.54) is 21.3 Å². The average Bonchev–Trinajstić information content (AvgIpc) is 2.68. The fourth-order valence-corrected chi connectivity index (χ4v) is 2.59. The smallest absolute Gasteiger partial charge is 0.214 e. The van der Waals surface area contributed by atoms with Gasteiger partial charge in [0, 0.05) is 12.1 Å². The van der Waals surface area contributed by atoms with Crippen LogP contribution in [0.25, 0.3) is 0 Å². The fourth-order valence-electron chi connectivity index (χ4n) is 2.59. The van der Waals surface area contributed by atoms with E-state index in [4.69, 9.17) is 24.7 Å². The number of methoxy groups -OCH3 is 3. The predicted octanol–water partition coefficient (Wildman–Crippen LogP) is 2.93. The second-order valence-corrected chi connectivity index (χ2v) is 5.84. The molecule has 0 radical (unpaired) electrons. The minimum Gasteiger partial charge on any atom is -0.493 e. The summed E-state index contributed by atoms with van der Waals surface area (Å²) in [5, 5.41) is 4.02. The lowest BCUT2D eigenvalue weighted by Crippen LogP contribution is -2.27. The first-order valence-electron chi connectivity index (χ1n) is 8.60. The third kappa shape index (κ3) is 5.29. The summed E-state index contributed by atoms with van der Waals surface area (Å²) in [5.41, 5.74) is 11.2. The van der Waals surface area contributed by atoms with Gasteiger partial charge in [-0.05, 0) is 25.0 Å². The first kappa shape index (κ1) is 20.9. The SMILES string of the molecule is COc1cc(N=C(N)N/N=C/COc2c(C)cccc2C)cc(OC)c1OC. The number of nitrogens with zero attached hydrogens (tertiary/aromatic N) is 2. The van der Waals surface area contributed by atoms with Crippen LogP contribution in [0.3, 0.4) is 0 Å². The molecule has 2 aromatic rings. The van der Waals surface area contributed by atoms with E-state index in [0.717, 1.165) is 16.9 Å². The summed E-state index contributed by atoms with van der Waals surface area (Å²) in [7, 11) is 4.61. The van der Waals surface area contributed by atoms with Crippen LogP contribution in [0.1, 0.15) is 11.1 Å². The molecule has 0 spiro atoms. The molecule has 0 aromatic heterocycles. The predicted molar refractivity (Wildman–Crippen MR) is 110 cm³/mol. The van der Waals surface area contributed by atoms with Crippen LogP contribution >= 0.6 is 0 Å². The summed E-state index contributed by atoms with van der Waals surface area (Å²) in [4.78, 5) is 4.25. The highest BCUT2D eigenvalue weighted by Gasteiger charge is 2.13. The third-order valence-corrected chi connectivity index (χ3v) is 3.88. The van der Waals surface area contributed by atoms with Crippen molar-refractivity contribution in [2.75, 3.05) is 27.9 Å². The summed E-state index contributed by atoms with van der Waals surface area (Å²) < 4.78 is 21.6. The van der Waals surface area contributed by atoms with Gasteiger partial charge in [-0.1, -0.05) is 18.2 Å². The Kier molecular flexibility index (Phi) is 7.50. The van der Waals surface area contributed by atoms with Crippen molar-refractivity contribution in [1.29, 1.82) is 0 Å². The Labute approximate surface area is 165 Å². The molecular weight excluding hydrogens is 360 g/mol. The topological polar surface area (TPSA) is 99.7 Å². The lowest BCUT2D eigenvalue weighted by Gasteiger charge is -2.12. The molecule has 0 saturated carbocycles. The maximum Gasteiger partial charge on any atom is 0.214 e. The zero-order valence-corrected chi connectivity index (χ0v) is 16.8. The fraction of sp³-hybridized carbons (Fsp3) is 0.300. The zero-order chi connectivity index (χ0) is 20.5. The summed E-state index contributed by atoms with van der Waals surface area (Å²) in [5.74, 6) is 2.42. The number of para-hydroxylation sites is 1. The van der Waals surface area contributed by atoms with E-state index in [1.807, 2.05) is 32.0 Å². The van der Waals surface area contributed by atoms with Gasteiger partial charge in [-0.15, -0.1) is 0 Å². The highest BCUT2D eigenvalue weighted by molar-refractivity contribution is 5.82. The number of aliphatic imine (C=N–C) groups is 1. The van der Waals surface area contributed by atoms with E-state index in [1.54, 1.807) is 18.3 Å². The number of nitrogens with two attached hydrogens (primary N) is 1. The van der Waals surface area contributed by atoms with Crippen molar-refractivity contribution in [3.8, 4) is 23.0 Å². The number of hydrogen-bond donors (Lipinski definition) is 2. The van der Waals surface area contributed by atoms with Crippen molar-refractivity contribution < 1.29 is 18.9 Å². The molecule has 0 aliphatic rings. The van der Waals surface area contributed by atoms with E-state index in [0.29, 0.717) is 29.5 Å². The van der Waals surface area contributed by atoms with Crippen molar-refractivity contribution >= 4 is 17.9 Å². The van der Waals surface area contributed by atoms with Crippen LogP contribution in [0.15, 0.2) is 40.4 Å². The molecule has 2 aromatic carbocycles. The molecule has 150 valence electrons. The summed E-state index contributed by atoms with van der Waals surface area (Å²) in [6, 6.07) is 9.36. The van der Waals surface area contributed by atoms with Crippen LogP contribution in [0.5, 0.6) is 23.0 Å². The van der Waals surface area contributed by atoms with E-state index in [2.05, 4.69) is 15.5 Å². The Balaban J connectivity index is 2.00. The van der Waals surface area contributed by atoms with Gasteiger partial charge < -0.3 is 24.7 Å². The Morgan fingerprint density at radius 1 is 1.00 bits per heavy atom. The quantitative estimate of drug-likeness (QED) is 0.411. The molecule has 0 heterocycles. The van der Waals surface area contributed by atoms with Gasteiger partial charge in [0.25, 0.3) is 0 Å². The molecule has 0 atom stereocenters. The van der Waals surface area contributed by atoms with Gasteiger partial charge in [0.2, 0.25) is 11.7 Å². The molecule has 0 saturated heterocycles. The molecule has 0 amide bonds. The van der Waals surface area contributed by atoms with Gasteiger partial charge in [-0.25, -0.2) is 10.4 Å². The molecule has 2 rings (SSSR count). The number of aryl methyl sites for hydroxylation is 2. The van der Waals surface area contributed by atoms with Crippen LogP contribution in [-0.2, 0) is 0 Å². The molecule has 0 aliphatic heterocycles. The number of guanidine groups is 1. The van der Waals surface area contributed by atoms with E-state index >= 15 is 0 Å². The van der Waals surface area contributed by atoms with Crippen LogP contribution in [0, 0.1) is 13.8 Å². The van der Waals surface area contributed by atoms with Gasteiger partial charge in [0.1, 0.15) is 12.4 Å². The molecule has 8 heteroatoms. The number of benzene rings is 2. The molecule has 0 aliphatic carbocycles. The molecule has 0 unspecified atom stereocenters. The van der Waals surface area contributed by atoms with E-state index in [9.17, 15) is 0 Å². The minimum absolute atomic E-state index is 0.109. The summed E-state index contributed by atoms with van der Waals surface area (Å²) in [6.07, 6.45) is 1.57. The van der Waals surface area contributed by atoms with Crippen LogP contribution in [-0.4, -0.2) is 40.1 Å². The van der Waals surface area contributed by atoms with Crippen LogP contribution in [0.2, 0.25) is 0 Å². The first-order chi connectivity index (χ1) is 13.5. The lowest BCUT2D eigenvalue weighted by atomic mass is 10.1. The molecule has 28 heavy (non-hydrogen) atoms. The standard InChI is InChI=1S/C20H26N4O4/c1-13-7-6-8-14(2)18(13)28-10-9-22-24-20(21)23-15-11-16(25-3)19(27-5)17(12-15)26-4/h6-9,11-12H,10H2,1-5H3,(H3,21,23,24)/b22-9+. The zero-order valence-electron chi connectivity index (χ0n) is 16.8. The Morgan fingerprint density at radius 3 is 2.14 bits per heavy atom. The highest BCUT2D eigenvalue weighted by Crippen LogP contribution is 2.40. The largest absolute Gasteiger partial charge is 0.493 e. The lowest BCUT2D eigenvalue weighted by molar-refractivity contribution is 0.324. The summed E-state index contributed by atoms with van der Waals surface area (Å²) in [6.45, 7) is 4.30. The van der Waals surface area contributed by atoms with Crippen molar-refractivity contribution in [2.45, 2.75) is 13.8 Å². The second kappa shape index (κ2) is 10.1. The van der Waals surface area contributed by atoms with Gasteiger partial charge >= 0.3 is 0 Å². The maximum atomic E-state index is 5.87. The van der Waals surface area contributed by atoms with Crippen molar-refractivity contribution in [2.24, 2.45) is 15.8 Å². The van der Waals surface area contributed by atoms with Gasteiger partial charge in [-0.2, -0.15) is 5.10 Å². The van der Waals surface area contributed by atoms with Crippen LogP contribution in [0.4, 0.5) is 5.69 Å². The average molecular weight is 386 g/mol. The van der Waals surface area contributed by atoms with Crippen molar-refractivity contribution in [3.63, 3.8) is 0 Å². The van der Waals surface area contributed by atoms with E-state index in [-0.39, 0.29) is 5.96 Å². The molecule has 0 fully saturated rings. The Bertz CT molecular complexity index is 820. The number of rotatable bonds is 8. The summed E-state index contributed by atoms with van der Waals surface area (Å²) >= 11 is 0. The van der Waals surface area contributed by atoms with Crippen LogP contribution < -0.4 is 30.1 Å². The third-order valence-electron chi connectivity index (χ3n) is 3.88. The molecule has 8 nitrogen and oxygen atoms in total. The maximum absolute atomic E-state index is 5.87. The van der Waals surface area contributed by atoms with Gasteiger partial charge in [0.05, 0.1) is 33.2 Å². The molecule has 3 N–H and O–H groups in total. The number of hydrogen-bond acceptors (Lipinski definition) is 6. The normalized spacial score (nSPS) is 11.4. The highest BCUT2D eigenvalue weighted by atomic mass is 16.5. The number of nitrogens with one attached hydrogen (secondary N) is 1. The van der Waals surface area contributed by atoms with E-state index < -0.39 is 0 Å². The monoisotopic (exact) mass is 386 g/mol.